The van der Waals surface area contributed by atoms with Crippen LogP contribution in [0.4, 0.5) is 10.2 Å². The molecule has 0 saturated carbocycles. The van der Waals surface area contributed by atoms with Crippen LogP contribution in [0.5, 0.6) is 0 Å². The summed E-state index contributed by atoms with van der Waals surface area (Å²) in [6, 6.07) is 4.56. The number of hydrogen-bond donors (Lipinski definition) is 2. The first-order chi connectivity index (χ1) is 13.1. The summed E-state index contributed by atoms with van der Waals surface area (Å²) < 4.78 is 17.9. The van der Waals surface area contributed by atoms with Gasteiger partial charge in [-0.2, -0.15) is 0 Å². The van der Waals surface area contributed by atoms with Crippen molar-refractivity contribution >= 4 is 22.8 Å². The van der Waals surface area contributed by atoms with Gasteiger partial charge in [0.2, 0.25) is 5.91 Å². The molecule has 2 aromatic heterocycles. The maximum absolute atomic E-state index is 13.3. The van der Waals surface area contributed by atoms with Crippen molar-refractivity contribution in [2.45, 2.75) is 26.2 Å². The molecule has 1 amide bonds. The molecule has 3 aromatic rings. The summed E-state index contributed by atoms with van der Waals surface area (Å²) in [6.45, 7) is 3.72. The molecule has 27 heavy (non-hydrogen) atoms. The molecule has 0 bridgehead atoms. The van der Waals surface area contributed by atoms with Crippen molar-refractivity contribution in [3.63, 3.8) is 0 Å². The highest BCUT2D eigenvalue weighted by molar-refractivity contribution is 5.91. The number of hydrogen-bond acceptors (Lipinski definition) is 6. The fourth-order valence-corrected chi connectivity index (χ4v) is 3.59. The Labute approximate surface area is 155 Å². The molecule has 4 rings (SSSR count). The lowest BCUT2D eigenvalue weighted by molar-refractivity contribution is -0.117. The van der Waals surface area contributed by atoms with Gasteiger partial charge < -0.3 is 10.3 Å². The highest BCUT2D eigenvalue weighted by Crippen LogP contribution is 2.22. The number of benzene rings is 1. The fourth-order valence-electron chi connectivity index (χ4n) is 3.59. The Morgan fingerprint density at radius 2 is 2.33 bits per heavy atom. The lowest BCUT2D eigenvalue weighted by Gasteiger charge is -2.31. The van der Waals surface area contributed by atoms with Crippen molar-refractivity contribution in [3.05, 3.63) is 35.5 Å². The molecule has 1 aliphatic heterocycles. The fraction of sp³-hybridized carbons (Fsp3) is 0.444. The second kappa shape index (κ2) is 7.43. The average Bonchev–Trinajstić information content (AvgIpc) is 3.20. The number of rotatable bonds is 5. The number of aromatic amines is 1. The van der Waals surface area contributed by atoms with Crippen molar-refractivity contribution < 1.29 is 13.8 Å². The lowest BCUT2D eigenvalue weighted by Crippen LogP contribution is -2.41. The number of H-pyrrole nitrogens is 1. The third kappa shape index (κ3) is 4.13. The van der Waals surface area contributed by atoms with Gasteiger partial charge in [0.15, 0.2) is 5.82 Å². The van der Waals surface area contributed by atoms with E-state index in [1.54, 1.807) is 13.0 Å². The zero-order chi connectivity index (χ0) is 18.8. The van der Waals surface area contributed by atoms with Crippen molar-refractivity contribution in [1.82, 2.24) is 25.2 Å². The zero-order valence-electron chi connectivity index (χ0n) is 15.0. The second-order valence-electron chi connectivity index (χ2n) is 7.04. The van der Waals surface area contributed by atoms with Crippen LogP contribution < -0.4 is 5.32 Å². The Hall–Kier alpha value is -2.81. The van der Waals surface area contributed by atoms with Gasteiger partial charge >= 0.3 is 0 Å². The Kier molecular flexibility index (Phi) is 4.85. The van der Waals surface area contributed by atoms with Gasteiger partial charge in [-0.15, -0.1) is 0 Å². The van der Waals surface area contributed by atoms with E-state index in [4.69, 9.17) is 0 Å². The Morgan fingerprint density at radius 3 is 3.15 bits per heavy atom. The zero-order valence-corrected chi connectivity index (χ0v) is 15.0. The van der Waals surface area contributed by atoms with E-state index in [0.29, 0.717) is 29.5 Å². The molecule has 1 atom stereocenters. The number of halogens is 1. The first-order valence-corrected chi connectivity index (χ1v) is 9.02. The smallest absolute Gasteiger partial charge is 0.239 e. The Balaban J connectivity index is 1.34. The van der Waals surface area contributed by atoms with E-state index >= 15 is 0 Å². The van der Waals surface area contributed by atoms with Crippen LogP contribution in [0, 0.1) is 18.7 Å². The summed E-state index contributed by atoms with van der Waals surface area (Å²) in [6.07, 6.45) is 2.88. The van der Waals surface area contributed by atoms with Crippen LogP contribution in [0.3, 0.4) is 0 Å². The highest BCUT2D eigenvalue weighted by atomic mass is 19.1. The maximum Gasteiger partial charge on any atom is 0.239 e. The van der Waals surface area contributed by atoms with Crippen molar-refractivity contribution in [2.24, 2.45) is 5.92 Å². The lowest BCUT2D eigenvalue weighted by atomic mass is 9.94. The highest BCUT2D eigenvalue weighted by Gasteiger charge is 2.23. The number of nitrogens with one attached hydrogen (secondary N) is 2. The van der Waals surface area contributed by atoms with Crippen LogP contribution >= 0.6 is 0 Å². The molecule has 142 valence electrons. The molecule has 0 aliphatic carbocycles. The van der Waals surface area contributed by atoms with Crippen LogP contribution in [-0.2, 0) is 11.2 Å². The van der Waals surface area contributed by atoms with Gasteiger partial charge in [-0.25, -0.2) is 14.0 Å². The summed E-state index contributed by atoms with van der Waals surface area (Å²) in [5.74, 6) is 1.21. The number of aryl methyl sites for hydroxylation is 1. The average molecular weight is 372 g/mol. The largest absolute Gasteiger partial charge is 0.342 e. The van der Waals surface area contributed by atoms with Crippen LogP contribution in [0.1, 0.15) is 24.4 Å². The number of carbonyl (C=O) groups excluding carboxylic acids is 1. The first-order valence-electron chi connectivity index (χ1n) is 9.02. The summed E-state index contributed by atoms with van der Waals surface area (Å²) in [5, 5.41) is 10.0. The summed E-state index contributed by atoms with van der Waals surface area (Å²) in [7, 11) is 0. The molecular formula is C18H21FN6O2. The van der Waals surface area contributed by atoms with Crippen molar-refractivity contribution in [2.75, 3.05) is 25.0 Å². The topological polar surface area (TPSA) is 99.9 Å². The summed E-state index contributed by atoms with van der Waals surface area (Å²) in [5.41, 5.74) is 2.05. The van der Waals surface area contributed by atoms with Crippen LogP contribution in [0.2, 0.25) is 0 Å². The van der Waals surface area contributed by atoms with Crippen LogP contribution in [0.15, 0.2) is 22.8 Å². The number of piperidine rings is 1. The number of amides is 1. The van der Waals surface area contributed by atoms with Gasteiger partial charge in [0, 0.05) is 13.0 Å². The van der Waals surface area contributed by atoms with Crippen molar-refractivity contribution in [3.8, 4) is 0 Å². The summed E-state index contributed by atoms with van der Waals surface area (Å²) >= 11 is 0. The van der Waals surface area contributed by atoms with E-state index in [0.717, 1.165) is 43.7 Å². The van der Waals surface area contributed by atoms with Gasteiger partial charge in [-0.05, 0) is 55.6 Å². The third-order valence-electron chi connectivity index (χ3n) is 4.86. The van der Waals surface area contributed by atoms with Crippen LogP contribution in [-0.4, -0.2) is 50.7 Å². The molecule has 0 spiro atoms. The minimum atomic E-state index is -0.273. The predicted octanol–water partition coefficient (Wildman–Crippen LogP) is 2.29. The molecule has 8 nitrogen and oxygen atoms in total. The molecule has 9 heteroatoms. The number of anilines is 1. The molecule has 1 fully saturated rings. The Bertz CT molecular complexity index is 952. The van der Waals surface area contributed by atoms with Crippen molar-refractivity contribution in [1.29, 1.82) is 0 Å². The minimum absolute atomic E-state index is 0.131. The number of carbonyl (C=O) groups is 1. The van der Waals surface area contributed by atoms with E-state index in [2.05, 4.69) is 35.1 Å². The summed E-state index contributed by atoms with van der Waals surface area (Å²) in [4.78, 5) is 22.1. The van der Waals surface area contributed by atoms with E-state index < -0.39 is 0 Å². The number of imidazole rings is 1. The SMILES string of the molecule is Cc1nonc1NC(=O)CN1CCCC(Cc2nc3ccc(F)cc3[nH]2)C1. The van der Waals surface area contributed by atoms with Crippen LogP contribution in [0.25, 0.3) is 11.0 Å². The molecule has 1 unspecified atom stereocenters. The standard InChI is InChI=1S/C18H21FN6O2/c1-11-18(24-27-23-11)22-17(26)10-25-6-2-3-12(9-25)7-16-20-14-5-4-13(19)8-15(14)21-16/h4-5,8,12H,2-3,6-7,9-10H2,1H3,(H,20,21)(H,22,24,26). The third-order valence-corrected chi connectivity index (χ3v) is 4.86. The predicted molar refractivity (Wildman–Crippen MR) is 96.6 cm³/mol. The maximum atomic E-state index is 13.3. The monoisotopic (exact) mass is 372 g/mol. The number of nitrogens with zero attached hydrogens (tertiary/aromatic N) is 4. The number of likely N-dealkylation sites (tertiary alicyclic amines) is 1. The van der Waals surface area contributed by atoms with Gasteiger partial charge in [-0.3, -0.25) is 9.69 Å². The first kappa shape index (κ1) is 17.6. The molecule has 1 aliphatic rings. The number of aromatic nitrogens is 4. The quantitative estimate of drug-likeness (QED) is 0.713. The van der Waals surface area contributed by atoms with E-state index in [1.165, 1.54) is 12.1 Å². The number of fused-ring (bicyclic) bond motifs is 1. The van der Waals surface area contributed by atoms with Gasteiger partial charge in [0.1, 0.15) is 17.3 Å². The second-order valence-corrected chi connectivity index (χ2v) is 7.04. The van der Waals surface area contributed by atoms with Gasteiger partial charge in [-0.1, -0.05) is 5.16 Å². The minimum Gasteiger partial charge on any atom is -0.342 e. The van der Waals surface area contributed by atoms with E-state index in [1.807, 2.05) is 0 Å². The molecular weight excluding hydrogens is 351 g/mol. The van der Waals surface area contributed by atoms with Gasteiger partial charge in [0.25, 0.3) is 0 Å². The molecule has 2 N–H and O–H groups in total. The molecule has 1 aromatic carbocycles. The van der Waals surface area contributed by atoms with E-state index in [-0.39, 0.29) is 11.7 Å². The normalized spacial score (nSPS) is 18.1. The Morgan fingerprint density at radius 1 is 1.44 bits per heavy atom. The molecule has 1 saturated heterocycles. The molecule has 3 heterocycles. The van der Waals surface area contributed by atoms with E-state index in [9.17, 15) is 9.18 Å². The molecule has 0 radical (unpaired) electrons. The van der Waals surface area contributed by atoms with Gasteiger partial charge in [0.05, 0.1) is 17.6 Å².